The number of amides is 1. The van der Waals surface area contributed by atoms with Gasteiger partial charge in [0.1, 0.15) is 12.1 Å². The number of carbonyl (C=O) groups is 1. The number of carbonyl (C=O) groups excluding carboxylic acids is 1. The van der Waals surface area contributed by atoms with Crippen LogP contribution in [0.5, 0.6) is 0 Å². The number of allylic oxidation sites excluding steroid dienone is 1. The highest BCUT2D eigenvalue weighted by molar-refractivity contribution is 5.76. The minimum absolute atomic E-state index is 0.0266. The maximum Gasteiger partial charge on any atom is 0.242 e. The van der Waals surface area contributed by atoms with E-state index in [9.17, 15) is 4.79 Å². The molecule has 3 aliphatic rings. The summed E-state index contributed by atoms with van der Waals surface area (Å²) in [7, 11) is 1.68. The maximum absolute atomic E-state index is 11.8. The van der Waals surface area contributed by atoms with Crippen molar-refractivity contribution in [3.8, 4) is 0 Å². The Balaban J connectivity index is 1.53. The van der Waals surface area contributed by atoms with Crippen molar-refractivity contribution in [1.29, 1.82) is 0 Å². The van der Waals surface area contributed by atoms with Gasteiger partial charge in [0.2, 0.25) is 11.9 Å². The molecule has 122 valence electrons. The normalized spacial score (nSPS) is 23.7. The van der Waals surface area contributed by atoms with Crippen LogP contribution in [0, 0.1) is 0 Å². The molecular formula is C16H21N5O2. The van der Waals surface area contributed by atoms with E-state index in [0.717, 1.165) is 36.4 Å². The summed E-state index contributed by atoms with van der Waals surface area (Å²) in [5.41, 5.74) is 2.22. The largest absolute Gasteiger partial charge is 0.497 e. The minimum Gasteiger partial charge on any atom is -0.497 e. The smallest absolute Gasteiger partial charge is 0.242 e. The predicted octanol–water partition coefficient (Wildman–Crippen LogP) is 1.83. The molecule has 0 saturated heterocycles. The van der Waals surface area contributed by atoms with Crippen LogP contribution in [0.25, 0.3) is 0 Å². The van der Waals surface area contributed by atoms with Crippen LogP contribution in [0.1, 0.15) is 38.6 Å². The SMILES string of the molecule is COC1=CC(Nc2ncn(C3CC3)n2)CC2=C1CCN2C(C)=O. The Morgan fingerprint density at radius 2 is 2.26 bits per heavy atom. The number of ether oxygens (including phenoxy) is 1. The molecule has 0 spiro atoms. The van der Waals surface area contributed by atoms with E-state index in [0.29, 0.717) is 12.0 Å². The summed E-state index contributed by atoms with van der Waals surface area (Å²) in [5, 5.41) is 7.83. The van der Waals surface area contributed by atoms with Crippen molar-refractivity contribution in [2.24, 2.45) is 0 Å². The van der Waals surface area contributed by atoms with Crippen LogP contribution < -0.4 is 5.32 Å². The summed E-state index contributed by atoms with van der Waals surface area (Å²) in [6, 6.07) is 0.547. The van der Waals surface area contributed by atoms with Gasteiger partial charge in [0.15, 0.2) is 0 Å². The Kier molecular flexibility index (Phi) is 3.36. The van der Waals surface area contributed by atoms with E-state index in [1.807, 2.05) is 9.58 Å². The Morgan fingerprint density at radius 3 is 2.96 bits per heavy atom. The first kappa shape index (κ1) is 14.3. The second kappa shape index (κ2) is 5.40. The van der Waals surface area contributed by atoms with Crippen LogP contribution in [0.3, 0.4) is 0 Å². The molecule has 4 rings (SSSR count). The molecule has 0 aromatic carbocycles. The van der Waals surface area contributed by atoms with Crippen LogP contribution in [-0.4, -0.2) is 45.3 Å². The number of anilines is 1. The third kappa shape index (κ3) is 2.60. The molecule has 1 N–H and O–H groups in total. The molecule has 1 aromatic rings. The lowest BCUT2D eigenvalue weighted by Gasteiger charge is -2.26. The zero-order chi connectivity index (χ0) is 16.0. The first-order valence-electron chi connectivity index (χ1n) is 8.09. The van der Waals surface area contributed by atoms with Crippen molar-refractivity contribution in [3.05, 3.63) is 29.4 Å². The standard InChI is InChI=1S/C16H21N5O2/c1-10(22)20-6-5-13-14(20)7-11(8-15(13)23-2)18-16-17-9-21(19-16)12-3-4-12/h8-9,11-12H,3-7H2,1-2H3,(H,18,19). The fourth-order valence-corrected chi connectivity index (χ4v) is 3.37. The summed E-state index contributed by atoms with van der Waals surface area (Å²) in [4.78, 5) is 18.0. The van der Waals surface area contributed by atoms with Gasteiger partial charge in [0.05, 0.1) is 19.2 Å². The third-order valence-electron chi connectivity index (χ3n) is 4.67. The highest BCUT2D eigenvalue weighted by atomic mass is 16.5. The van der Waals surface area contributed by atoms with Crippen molar-refractivity contribution < 1.29 is 9.53 Å². The van der Waals surface area contributed by atoms with Gasteiger partial charge in [0, 0.05) is 31.2 Å². The van der Waals surface area contributed by atoms with Gasteiger partial charge in [-0.1, -0.05) is 0 Å². The van der Waals surface area contributed by atoms with Crippen molar-refractivity contribution >= 4 is 11.9 Å². The van der Waals surface area contributed by atoms with E-state index in [-0.39, 0.29) is 11.9 Å². The summed E-state index contributed by atoms with van der Waals surface area (Å²) < 4.78 is 7.46. The highest BCUT2D eigenvalue weighted by Crippen LogP contribution is 2.37. The fourth-order valence-electron chi connectivity index (χ4n) is 3.37. The molecule has 0 bridgehead atoms. The Morgan fingerprint density at radius 1 is 1.43 bits per heavy atom. The lowest BCUT2D eigenvalue weighted by atomic mass is 9.97. The van der Waals surface area contributed by atoms with Crippen LogP contribution in [0.2, 0.25) is 0 Å². The first-order chi connectivity index (χ1) is 11.2. The van der Waals surface area contributed by atoms with Crippen LogP contribution in [0.4, 0.5) is 5.95 Å². The Labute approximate surface area is 135 Å². The monoisotopic (exact) mass is 315 g/mol. The van der Waals surface area contributed by atoms with Crippen molar-refractivity contribution in [2.45, 2.75) is 44.7 Å². The number of hydrogen-bond acceptors (Lipinski definition) is 5. The molecule has 1 saturated carbocycles. The first-order valence-corrected chi connectivity index (χ1v) is 8.09. The van der Waals surface area contributed by atoms with Gasteiger partial charge < -0.3 is 15.0 Å². The minimum atomic E-state index is 0.0266. The number of nitrogens with zero attached hydrogens (tertiary/aromatic N) is 4. The van der Waals surface area contributed by atoms with Gasteiger partial charge in [-0.25, -0.2) is 9.67 Å². The molecule has 0 radical (unpaired) electrons. The zero-order valence-electron chi connectivity index (χ0n) is 13.5. The Bertz CT molecular complexity index is 701. The van der Waals surface area contributed by atoms with Gasteiger partial charge in [-0.05, 0) is 25.3 Å². The number of hydrogen-bond donors (Lipinski definition) is 1. The van der Waals surface area contributed by atoms with E-state index in [2.05, 4.69) is 21.5 Å². The van der Waals surface area contributed by atoms with E-state index in [1.54, 1.807) is 20.4 Å². The molecule has 1 aromatic heterocycles. The van der Waals surface area contributed by atoms with Gasteiger partial charge in [0.25, 0.3) is 0 Å². The molecule has 2 aliphatic carbocycles. The summed E-state index contributed by atoms with van der Waals surface area (Å²) in [6.45, 7) is 2.35. The number of rotatable bonds is 4. The molecular weight excluding hydrogens is 294 g/mol. The molecule has 2 heterocycles. The second-order valence-electron chi connectivity index (χ2n) is 6.32. The van der Waals surface area contributed by atoms with Crippen LogP contribution in [-0.2, 0) is 9.53 Å². The molecule has 7 heteroatoms. The summed E-state index contributed by atoms with van der Waals surface area (Å²) in [6.07, 6.45) is 7.83. The number of aromatic nitrogens is 3. The maximum atomic E-state index is 11.8. The van der Waals surface area contributed by atoms with Crippen LogP contribution >= 0.6 is 0 Å². The second-order valence-corrected chi connectivity index (χ2v) is 6.32. The average Bonchev–Trinajstić information content (AvgIpc) is 3.12. The van der Waals surface area contributed by atoms with Gasteiger partial charge >= 0.3 is 0 Å². The molecule has 1 aliphatic heterocycles. The number of nitrogens with one attached hydrogen (secondary N) is 1. The fraction of sp³-hybridized carbons (Fsp3) is 0.562. The topological polar surface area (TPSA) is 72.3 Å². The molecule has 1 amide bonds. The van der Waals surface area contributed by atoms with E-state index >= 15 is 0 Å². The highest BCUT2D eigenvalue weighted by Gasteiger charge is 2.33. The van der Waals surface area contributed by atoms with Gasteiger partial charge in [-0.15, -0.1) is 5.10 Å². The lowest BCUT2D eigenvalue weighted by molar-refractivity contribution is -0.126. The van der Waals surface area contributed by atoms with Crippen molar-refractivity contribution in [3.63, 3.8) is 0 Å². The molecule has 23 heavy (non-hydrogen) atoms. The quantitative estimate of drug-likeness (QED) is 0.918. The molecule has 7 nitrogen and oxygen atoms in total. The predicted molar refractivity (Wildman–Crippen MR) is 84.4 cm³/mol. The molecule has 1 fully saturated rings. The van der Waals surface area contributed by atoms with Gasteiger partial charge in [-0.2, -0.15) is 0 Å². The molecule has 1 atom stereocenters. The van der Waals surface area contributed by atoms with E-state index in [1.165, 1.54) is 12.8 Å². The lowest BCUT2D eigenvalue weighted by Crippen LogP contribution is -2.30. The van der Waals surface area contributed by atoms with E-state index in [4.69, 9.17) is 4.74 Å². The van der Waals surface area contributed by atoms with Crippen molar-refractivity contribution in [2.75, 3.05) is 19.0 Å². The zero-order valence-corrected chi connectivity index (χ0v) is 13.5. The number of methoxy groups -OCH3 is 1. The third-order valence-corrected chi connectivity index (χ3v) is 4.67. The van der Waals surface area contributed by atoms with Gasteiger partial charge in [-0.3, -0.25) is 4.79 Å². The van der Waals surface area contributed by atoms with Crippen LogP contribution in [0.15, 0.2) is 29.4 Å². The molecule has 1 unspecified atom stereocenters. The summed E-state index contributed by atoms with van der Waals surface area (Å²) >= 11 is 0. The average molecular weight is 315 g/mol. The Hall–Kier alpha value is -2.31. The summed E-state index contributed by atoms with van der Waals surface area (Å²) in [5.74, 6) is 1.57. The van der Waals surface area contributed by atoms with E-state index < -0.39 is 0 Å². The van der Waals surface area contributed by atoms with Crippen molar-refractivity contribution in [1.82, 2.24) is 19.7 Å².